The molecule has 0 aliphatic rings. The minimum Gasteiger partial charge on any atom is -0.324 e. The highest BCUT2D eigenvalue weighted by atomic mass is 35.5. The molecule has 9 heteroatoms. The molecule has 0 saturated heterocycles. The fraction of sp³-hybridized carbons (Fsp3) is 0.286. The van der Waals surface area contributed by atoms with Crippen molar-refractivity contribution in [1.29, 1.82) is 0 Å². The van der Waals surface area contributed by atoms with Gasteiger partial charge in [-0.05, 0) is 31.0 Å². The number of para-hydroxylation sites is 1. The molecule has 0 fully saturated rings. The molecular formula is C21H21ClN6OS. The third-order valence-corrected chi connectivity index (χ3v) is 6.13. The van der Waals surface area contributed by atoms with E-state index in [1.165, 1.54) is 18.0 Å². The maximum Gasteiger partial charge on any atom is 0.239 e. The Morgan fingerprint density at radius 3 is 2.77 bits per heavy atom. The molecule has 0 aliphatic heterocycles. The van der Waals surface area contributed by atoms with E-state index in [0.717, 1.165) is 35.0 Å². The number of hydrogen-bond donors (Lipinski definition) is 1. The maximum absolute atomic E-state index is 12.7. The van der Waals surface area contributed by atoms with Crippen molar-refractivity contribution in [2.45, 2.75) is 43.6 Å². The summed E-state index contributed by atoms with van der Waals surface area (Å²) in [6, 6.07) is 11.5. The van der Waals surface area contributed by atoms with Crippen LogP contribution in [0.15, 0.2) is 47.8 Å². The normalized spacial score (nSPS) is 12.4. The lowest BCUT2D eigenvalue weighted by atomic mass is 10.2. The number of carbonyl (C=O) groups is 1. The summed E-state index contributed by atoms with van der Waals surface area (Å²) >= 11 is 7.16. The second-order valence-corrected chi connectivity index (χ2v) is 8.41. The van der Waals surface area contributed by atoms with Crippen LogP contribution < -0.4 is 5.32 Å². The summed E-state index contributed by atoms with van der Waals surface area (Å²) in [5, 5.41) is 13.2. The van der Waals surface area contributed by atoms with Crippen molar-refractivity contribution in [3.05, 3.63) is 47.6 Å². The van der Waals surface area contributed by atoms with E-state index >= 15 is 0 Å². The highest BCUT2D eigenvalue weighted by Crippen LogP contribution is 2.29. The number of fused-ring (bicyclic) bond motifs is 3. The summed E-state index contributed by atoms with van der Waals surface area (Å²) in [5.74, 6) is 0.302. The molecular weight excluding hydrogens is 420 g/mol. The molecule has 1 atom stereocenters. The lowest BCUT2D eigenvalue weighted by molar-refractivity contribution is -0.115. The summed E-state index contributed by atoms with van der Waals surface area (Å²) in [4.78, 5) is 21.6. The first-order valence-electron chi connectivity index (χ1n) is 9.81. The first-order valence-corrected chi connectivity index (χ1v) is 11.1. The van der Waals surface area contributed by atoms with Crippen molar-refractivity contribution in [3.63, 3.8) is 0 Å². The van der Waals surface area contributed by atoms with Gasteiger partial charge in [-0.25, -0.2) is 9.97 Å². The Bertz CT molecular complexity index is 1190. The SMILES string of the molecule is CCCn1c2ccccc2c2nnc(SC(CC)C(=O)Nc3ccc(Cl)cn3)nc21. The van der Waals surface area contributed by atoms with Gasteiger partial charge in [0.05, 0.1) is 15.8 Å². The van der Waals surface area contributed by atoms with E-state index in [4.69, 9.17) is 16.6 Å². The molecule has 0 saturated carbocycles. The van der Waals surface area contributed by atoms with E-state index in [1.54, 1.807) is 12.1 Å². The highest BCUT2D eigenvalue weighted by Gasteiger charge is 2.22. The highest BCUT2D eigenvalue weighted by molar-refractivity contribution is 8.00. The number of nitrogens with one attached hydrogen (secondary N) is 1. The molecule has 0 bridgehead atoms. The molecule has 1 amide bonds. The van der Waals surface area contributed by atoms with Gasteiger partial charge >= 0.3 is 0 Å². The molecule has 7 nitrogen and oxygen atoms in total. The van der Waals surface area contributed by atoms with Crippen LogP contribution in [0.25, 0.3) is 22.1 Å². The van der Waals surface area contributed by atoms with Gasteiger partial charge in [0, 0.05) is 18.1 Å². The van der Waals surface area contributed by atoms with Gasteiger partial charge in [0.25, 0.3) is 0 Å². The summed E-state index contributed by atoms with van der Waals surface area (Å²) in [6.07, 6.45) is 3.09. The molecule has 0 radical (unpaired) electrons. The van der Waals surface area contributed by atoms with E-state index in [1.807, 2.05) is 25.1 Å². The summed E-state index contributed by atoms with van der Waals surface area (Å²) < 4.78 is 2.17. The van der Waals surface area contributed by atoms with Gasteiger partial charge in [0.1, 0.15) is 11.3 Å². The molecule has 3 aromatic heterocycles. The molecule has 1 unspecified atom stereocenters. The van der Waals surface area contributed by atoms with Crippen LogP contribution in [0.5, 0.6) is 0 Å². The standard InChI is InChI=1S/C21H21ClN6OS/c1-3-11-28-15-8-6-5-7-14(15)18-19(28)25-21(27-26-18)30-16(4-2)20(29)24-17-10-9-13(22)12-23-17/h5-10,12,16H,3-4,11H2,1-2H3,(H,23,24,29). The van der Waals surface area contributed by atoms with Crippen molar-refractivity contribution < 1.29 is 4.79 Å². The molecule has 3 heterocycles. The van der Waals surface area contributed by atoms with Gasteiger partial charge in [0.15, 0.2) is 5.65 Å². The van der Waals surface area contributed by atoms with Gasteiger partial charge in [-0.3, -0.25) is 4.79 Å². The number of nitrogens with zero attached hydrogens (tertiary/aromatic N) is 5. The van der Waals surface area contributed by atoms with Gasteiger partial charge in [-0.2, -0.15) is 0 Å². The first-order chi connectivity index (χ1) is 14.6. The zero-order valence-electron chi connectivity index (χ0n) is 16.7. The van der Waals surface area contributed by atoms with Crippen LogP contribution in [0.4, 0.5) is 5.82 Å². The zero-order valence-corrected chi connectivity index (χ0v) is 18.2. The van der Waals surface area contributed by atoms with E-state index in [-0.39, 0.29) is 11.2 Å². The lowest BCUT2D eigenvalue weighted by Gasteiger charge is -2.13. The van der Waals surface area contributed by atoms with Crippen molar-refractivity contribution in [1.82, 2.24) is 24.7 Å². The topological polar surface area (TPSA) is 85.6 Å². The van der Waals surface area contributed by atoms with Gasteiger partial charge in [-0.1, -0.05) is 55.4 Å². The number of benzene rings is 1. The Balaban J connectivity index is 1.61. The van der Waals surface area contributed by atoms with E-state index in [2.05, 4.69) is 38.1 Å². The number of aromatic nitrogens is 5. The van der Waals surface area contributed by atoms with Crippen LogP contribution in [0.1, 0.15) is 26.7 Å². The predicted octanol–water partition coefficient (Wildman–Crippen LogP) is 4.95. The molecule has 30 heavy (non-hydrogen) atoms. The van der Waals surface area contributed by atoms with Crippen molar-refractivity contribution in [3.8, 4) is 0 Å². The molecule has 0 aliphatic carbocycles. The lowest BCUT2D eigenvalue weighted by Crippen LogP contribution is -2.25. The molecule has 1 aromatic carbocycles. The van der Waals surface area contributed by atoms with Crippen molar-refractivity contribution in [2.24, 2.45) is 0 Å². The predicted molar refractivity (Wildman–Crippen MR) is 121 cm³/mol. The Morgan fingerprint density at radius 1 is 1.20 bits per heavy atom. The average Bonchev–Trinajstić information content (AvgIpc) is 3.07. The van der Waals surface area contributed by atoms with E-state index in [0.29, 0.717) is 22.4 Å². The van der Waals surface area contributed by atoms with Crippen LogP contribution in [0.2, 0.25) is 5.02 Å². The Labute approximate surface area is 183 Å². The molecule has 4 rings (SSSR count). The first kappa shape index (κ1) is 20.6. The fourth-order valence-corrected chi connectivity index (χ4v) is 4.22. The van der Waals surface area contributed by atoms with Gasteiger partial charge in [-0.15, -0.1) is 10.2 Å². The number of pyridine rings is 1. The van der Waals surface area contributed by atoms with Crippen LogP contribution in [0.3, 0.4) is 0 Å². The summed E-state index contributed by atoms with van der Waals surface area (Å²) in [5.41, 5.74) is 2.67. The van der Waals surface area contributed by atoms with Crippen LogP contribution in [-0.2, 0) is 11.3 Å². The quantitative estimate of drug-likeness (QED) is 0.409. The van der Waals surface area contributed by atoms with Crippen LogP contribution >= 0.6 is 23.4 Å². The Hall–Kier alpha value is -2.71. The average molecular weight is 441 g/mol. The third-order valence-electron chi connectivity index (χ3n) is 4.69. The Morgan fingerprint density at radius 2 is 2.03 bits per heavy atom. The zero-order chi connectivity index (χ0) is 21.1. The van der Waals surface area contributed by atoms with Crippen LogP contribution in [-0.4, -0.2) is 35.9 Å². The number of aryl methyl sites for hydroxylation is 1. The number of thioether (sulfide) groups is 1. The summed E-state index contributed by atoms with van der Waals surface area (Å²) in [6.45, 7) is 4.92. The largest absolute Gasteiger partial charge is 0.324 e. The van der Waals surface area contributed by atoms with E-state index < -0.39 is 0 Å². The number of anilines is 1. The monoisotopic (exact) mass is 440 g/mol. The minimum atomic E-state index is -0.370. The number of hydrogen-bond acceptors (Lipinski definition) is 6. The van der Waals surface area contributed by atoms with E-state index in [9.17, 15) is 4.79 Å². The molecule has 154 valence electrons. The molecule has 1 N–H and O–H groups in total. The second-order valence-electron chi connectivity index (χ2n) is 6.80. The van der Waals surface area contributed by atoms with Crippen molar-refractivity contribution >= 4 is 57.2 Å². The second kappa shape index (κ2) is 8.97. The van der Waals surface area contributed by atoms with Crippen LogP contribution in [0, 0.1) is 0 Å². The maximum atomic E-state index is 12.7. The fourth-order valence-electron chi connectivity index (χ4n) is 3.30. The minimum absolute atomic E-state index is 0.157. The Kier molecular flexibility index (Phi) is 6.15. The molecule has 4 aromatic rings. The number of amides is 1. The smallest absolute Gasteiger partial charge is 0.239 e. The summed E-state index contributed by atoms with van der Waals surface area (Å²) in [7, 11) is 0. The number of carbonyl (C=O) groups excluding carboxylic acids is 1. The number of rotatable bonds is 7. The number of halogens is 1. The van der Waals surface area contributed by atoms with Crippen molar-refractivity contribution in [2.75, 3.05) is 5.32 Å². The van der Waals surface area contributed by atoms with Gasteiger partial charge < -0.3 is 9.88 Å². The van der Waals surface area contributed by atoms with Gasteiger partial charge in [0.2, 0.25) is 11.1 Å². The molecule has 0 spiro atoms. The third kappa shape index (κ3) is 4.11.